The Balaban J connectivity index is 1.89. The van der Waals surface area contributed by atoms with E-state index in [1.165, 1.54) is 12.4 Å². The van der Waals surface area contributed by atoms with Crippen LogP contribution >= 0.6 is 0 Å². The number of rotatable bonds is 2. The molecule has 2 heterocycles. The maximum Gasteiger partial charge on any atom is 0.272 e. The zero-order chi connectivity index (χ0) is 14.8. The van der Waals surface area contributed by atoms with Gasteiger partial charge in [-0.25, -0.2) is 9.97 Å². The first-order chi connectivity index (χ1) is 10.1. The number of para-hydroxylation sites is 1. The molecule has 2 N–H and O–H groups in total. The lowest BCUT2D eigenvalue weighted by Crippen LogP contribution is -2.08. The van der Waals surface area contributed by atoms with E-state index in [9.17, 15) is 4.79 Å². The minimum absolute atomic E-state index is 0.0659. The number of nitrogen functional groups attached to an aromatic ring is 1. The summed E-state index contributed by atoms with van der Waals surface area (Å²) in [6.45, 7) is 2.01. The van der Waals surface area contributed by atoms with Gasteiger partial charge in [-0.2, -0.15) is 4.68 Å². The van der Waals surface area contributed by atoms with Gasteiger partial charge in [0.2, 0.25) is 5.95 Å². The molecule has 0 saturated carbocycles. The molecular weight excluding hydrogens is 266 g/mol. The number of hydrogen-bond donors (Lipinski definition) is 1. The summed E-state index contributed by atoms with van der Waals surface area (Å²) in [6.07, 6.45) is 4.31. The minimum atomic E-state index is -0.328. The molecule has 6 heteroatoms. The van der Waals surface area contributed by atoms with Crippen LogP contribution in [0.15, 0.2) is 42.7 Å². The number of hydrogen-bond acceptors (Lipinski definition) is 5. The van der Waals surface area contributed by atoms with Gasteiger partial charge in [0.05, 0.1) is 11.2 Å². The van der Waals surface area contributed by atoms with Crippen LogP contribution in [0.5, 0.6) is 0 Å². The first-order valence-electron chi connectivity index (χ1n) is 6.39. The molecule has 104 valence electrons. The molecule has 0 radical (unpaired) electrons. The number of aryl methyl sites for hydroxylation is 1. The normalized spacial score (nSPS) is 11.3. The van der Waals surface area contributed by atoms with Crippen LogP contribution in [-0.4, -0.2) is 25.7 Å². The summed E-state index contributed by atoms with van der Waals surface area (Å²) in [5, 5.41) is 4.82. The van der Waals surface area contributed by atoms with E-state index in [0.717, 1.165) is 21.1 Å². The SMILES string of the molecule is Cc1cccc2ccc(/C=C/C(=O)n3cnc(N)n3)nc12. The highest BCUT2D eigenvalue weighted by Crippen LogP contribution is 2.16. The Bertz CT molecular complexity index is 850. The Hall–Kier alpha value is -3.02. The smallest absolute Gasteiger partial charge is 0.272 e. The number of benzene rings is 1. The average Bonchev–Trinajstić information content (AvgIpc) is 2.92. The molecule has 1 aromatic carbocycles. The molecule has 0 fully saturated rings. The van der Waals surface area contributed by atoms with Crippen molar-refractivity contribution in [3.63, 3.8) is 0 Å². The van der Waals surface area contributed by atoms with E-state index in [1.807, 2.05) is 37.3 Å². The van der Waals surface area contributed by atoms with E-state index < -0.39 is 0 Å². The lowest BCUT2D eigenvalue weighted by molar-refractivity contribution is 0.0955. The third-order valence-corrected chi connectivity index (χ3v) is 3.08. The fourth-order valence-corrected chi connectivity index (χ4v) is 2.02. The maximum atomic E-state index is 11.9. The Labute approximate surface area is 120 Å². The summed E-state index contributed by atoms with van der Waals surface area (Å²) >= 11 is 0. The van der Waals surface area contributed by atoms with Crippen LogP contribution in [0.2, 0.25) is 0 Å². The van der Waals surface area contributed by atoms with Crippen molar-refractivity contribution < 1.29 is 4.79 Å². The molecule has 0 amide bonds. The minimum Gasteiger partial charge on any atom is -0.366 e. The van der Waals surface area contributed by atoms with Gasteiger partial charge in [0, 0.05) is 11.5 Å². The van der Waals surface area contributed by atoms with Crippen LogP contribution in [0.25, 0.3) is 17.0 Å². The Kier molecular flexibility index (Phi) is 3.19. The summed E-state index contributed by atoms with van der Waals surface area (Å²) in [5.74, 6) is -0.262. The zero-order valence-corrected chi connectivity index (χ0v) is 11.4. The second-order valence-corrected chi connectivity index (χ2v) is 4.60. The lowest BCUT2D eigenvalue weighted by Gasteiger charge is -2.02. The van der Waals surface area contributed by atoms with Crippen molar-refractivity contribution in [3.05, 3.63) is 54.0 Å². The number of nitrogens with zero attached hydrogens (tertiary/aromatic N) is 4. The molecule has 21 heavy (non-hydrogen) atoms. The second kappa shape index (κ2) is 5.16. The molecule has 0 spiro atoms. The highest BCUT2D eigenvalue weighted by Gasteiger charge is 2.03. The highest BCUT2D eigenvalue weighted by molar-refractivity contribution is 5.93. The number of carbonyl (C=O) groups excluding carboxylic acids is 1. The van der Waals surface area contributed by atoms with Gasteiger partial charge < -0.3 is 5.73 Å². The first kappa shape index (κ1) is 13.0. The summed E-state index contributed by atoms with van der Waals surface area (Å²) < 4.78 is 1.08. The predicted molar refractivity (Wildman–Crippen MR) is 80.6 cm³/mol. The standard InChI is InChI=1S/C15H13N5O/c1-10-3-2-4-11-5-6-12(18-14(10)11)7-8-13(21)20-9-17-15(16)19-20/h2-9H,1H3,(H2,16,19)/b8-7+. The van der Waals surface area contributed by atoms with Crippen molar-refractivity contribution >= 4 is 28.8 Å². The largest absolute Gasteiger partial charge is 0.366 e. The maximum absolute atomic E-state index is 11.9. The number of pyridine rings is 1. The van der Waals surface area contributed by atoms with Gasteiger partial charge in [-0.15, -0.1) is 5.10 Å². The topological polar surface area (TPSA) is 86.7 Å². The monoisotopic (exact) mass is 279 g/mol. The van der Waals surface area contributed by atoms with Gasteiger partial charge in [-0.05, 0) is 24.6 Å². The third kappa shape index (κ3) is 2.64. The molecule has 0 saturated heterocycles. The van der Waals surface area contributed by atoms with E-state index in [4.69, 9.17) is 5.73 Å². The van der Waals surface area contributed by atoms with Crippen LogP contribution < -0.4 is 5.73 Å². The molecule has 0 aliphatic carbocycles. The molecule has 0 unspecified atom stereocenters. The van der Waals surface area contributed by atoms with Crippen molar-refractivity contribution in [2.75, 3.05) is 5.73 Å². The Morgan fingerprint density at radius 1 is 1.29 bits per heavy atom. The number of allylic oxidation sites excluding steroid dienone is 1. The Morgan fingerprint density at radius 2 is 2.14 bits per heavy atom. The van der Waals surface area contributed by atoms with Gasteiger partial charge in [0.15, 0.2) is 0 Å². The van der Waals surface area contributed by atoms with Crippen molar-refractivity contribution in [2.24, 2.45) is 0 Å². The zero-order valence-electron chi connectivity index (χ0n) is 11.4. The average molecular weight is 279 g/mol. The lowest BCUT2D eigenvalue weighted by atomic mass is 10.1. The Morgan fingerprint density at radius 3 is 2.90 bits per heavy atom. The van der Waals surface area contributed by atoms with Crippen LogP contribution in [0.4, 0.5) is 5.95 Å². The van der Waals surface area contributed by atoms with E-state index in [1.54, 1.807) is 6.08 Å². The quantitative estimate of drug-likeness (QED) is 0.726. The summed E-state index contributed by atoms with van der Waals surface area (Å²) in [7, 11) is 0. The number of anilines is 1. The molecule has 0 aliphatic rings. The van der Waals surface area contributed by atoms with Gasteiger partial charge in [-0.3, -0.25) is 4.79 Å². The summed E-state index contributed by atoms with van der Waals surface area (Å²) in [4.78, 5) is 20.1. The first-order valence-corrected chi connectivity index (χ1v) is 6.39. The number of carbonyl (C=O) groups is 1. The van der Waals surface area contributed by atoms with E-state index in [2.05, 4.69) is 15.1 Å². The second-order valence-electron chi connectivity index (χ2n) is 4.60. The van der Waals surface area contributed by atoms with E-state index in [0.29, 0.717) is 5.69 Å². The van der Waals surface area contributed by atoms with Gasteiger partial charge >= 0.3 is 0 Å². The van der Waals surface area contributed by atoms with Crippen molar-refractivity contribution in [3.8, 4) is 0 Å². The number of nitrogens with two attached hydrogens (primary N) is 1. The van der Waals surface area contributed by atoms with Crippen LogP contribution in [-0.2, 0) is 0 Å². The summed E-state index contributed by atoms with van der Waals surface area (Å²) in [5.41, 5.74) is 8.10. The van der Waals surface area contributed by atoms with Crippen LogP contribution in [0.1, 0.15) is 16.1 Å². The van der Waals surface area contributed by atoms with Gasteiger partial charge in [0.25, 0.3) is 5.91 Å². The van der Waals surface area contributed by atoms with E-state index >= 15 is 0 Å². The van der Waals surface area contributed by atoms with Crippen LogP contribution in [0.3, 0.4) is 0 Å². The molecule has 3 rings (SSSR count). The highest BCUT2D eigenvalue weighted by atomic mass is 16.2. The van der Waals surface area contributed by atoms with Gasteiger partial charge in [-0.1, -0.05) is 24.3 Å². The predicted octanol–water partition coefficient (Wildman–Crippen LogP) is 2.07. The number of aromatic nitrogens is 4. The van der Waals surface area contributed by atoms with Crippen molar-refractivity contribution in [1.29, 1.82) is 0 Å². The molecule has 0 aliphatic heterocycles. The third-order valence-electron chi connectivity index (χ3n) is 3.08. The summed E-state index contributed by atoms with van der Waals surface area (Å²) in [6, 6.07) is 9.85. The number of fused-ring (bicyclic) bond motifs is 1. The van der Waals surface area contributed by atoms with Crippen molar-refractivity contribution in [1.82, 2.24) is 19.7 Å². The molecular formula is C15H13N5O. The molecule has 0 atom stereocenters. The molecule has 3 aromatic rings. The molecule has 6 nitrogen and oxygen atoms in total. The molecule has 2 aromatic heterocycles. The van der Waals surface area contributed by atoms with E-state index in [-0.39, 0.29) is 11.9 Å². The fraction of sp³-hybridized carbons (Fsp3) is 0.0667. The fourth-order valence-electron chi connectivity index (χ4n) is 2.02. The van der Waals surface area contributed by atoms with Crippen LogP contribution in [0, 0.1) is 6.92 Å². The van der Waals surface area contributed by atoms with Gasteiger partial charge in [0.1, 0.15) is 6.33 Å². The van der Waals surface area contributed by atoms with Crippen molar-refractivity contribution in [2.45, 2.75) is 6.92 Å². The molecule has 0 bridgehead atoms.